The van der Waals surface area contributed by atoms with Crippen molar-refractivity contribution in [2.75, 3.05) is 20.6 Å². The summed E-state index contributed by atoms with van der Waals surface area (Å²) in [4.78, 5) is 2.22. The smallest absolute Gasteiger partial charge is 0.0655 e. The monoisotopic (exact) mass is 243 g/mol. The van der Waals surface area contributed by atoms with E-state index in [1.54, 1.807) is 0 Å². The number of alkyl halides is 1. The highest BCUT2D eigenvalue weighted by Crippen LogP contribution is 2.35. The van der Waals surface area contributed by atoms with E-state index in [9.17, 15) is 0 Å². The molecule has 1 atom stereocenters. The van der Waals surface area contributed by atoms with E-state index in [0.717, 1.165) is 19.4 Å². The molecule has 0 aromatic carbocycles. The molecule has 0 heterocycles. The van der Waals surface area contributed by atoms with Crippen LogP contribution in [0.25, 0.3) is 0 Å². The van der Waals surface area contributed by atoms with Crippen molar-refractivity contribution in [2.24, 2.45) is 0 Å². The first-order chi connectivity index (χ1) is 6.04. The van der Waals surface area contributed by atoms with Crippen molar-refractivity contribution in [3.63, 3.8) is 0 Å². The minimum Gasteiger partial charge on any atom is -0.309 e. The summed E-state index contributed by atoms with van der Waals surface area (Å²) < 4.78 is 0.121. The largest absolute Gasteiger partial charge is 0.309 e. The highest BCUT2D eigenvalue weighted by Gasteiger charge is 2.26. The molecule has 1 aliphatic rings. The SMILES string of the molecule is CC1=CCC=CC1(Br)CCN(C)C. The fourth-order valence-corrected chi connectivity index (χ4v) is 1.99. The highest BCUT2D eigenvalue weighted by atomic mass is 79.9. The lowest BCUT2D eigenvalue weighted by Gasteiger charge is -2.29. The molecule has 0 aromatic rings. The summed E-state index contributed by atoms with van der Waals surface area (Å²) in [7, 11) is 4.23. The molecule has 0 aromatic heterocycles. The highest BCUT2D eigenvalue weighted by molar-refractivity contribution is 9.10. The number of halogens is 1. The fraction of sp³-hybridized carbons (Fsp3) is 0.636. The third kappa shape index (κ3) is 2.96. The minimum absolute atomic E-state index is 0.121. The van der Waals surface area contributed by atoms with Gasteiger partial charge < -0.3 is 4.90 Å². The van der Waals surface area contributed by atoms with E-state index in [0.29, 0.717) is 0 Å². The Morgan fingerprint density at radius 2 is 2.23 bits per heavy atom. The second kappa shape index (κ2) is 4.43. The molecule has 0 amide bonds. The van der Waals surface area contributed by atoms with Crippen LogP contribution in [0.5, 0.6) is 0 Å². The normalized spacial score (nSPS) is 27.9. The van der Waals surface area contributed by atoms with Crippen LogP contribution in [0.4, 0.5) is 0 Å². The maximum absolute atomic E-state index is 3.81. The Labute approximate surface area is 89.6 Å². The molecular weight excluding hydrogens is 226 g/mol. The van der Waals surface area contributed by atoms with Crippen LogP contribution in [-0.4, -0.2) is 29.9 Å². The molecule has 0 spiro atoms. The summed E-state index contributed by atoms with van der Waals surface area (Å²) in [6.45, 7) is 3.31. The molecule has 1 aliphatic carbocycles. The van der Waals surface area contributed by atoms with Gasteiger partial charge in [-0.05, 0) is 40.4 Å². The van der Waals surface area contributed by atoms with Gasteiger partial charge in [0.2, 0.25) is 0 Å². The Hall–Kier alpha value is -0.0800. The average Bonchev–Trinajstić information content (AvgIpc) is 2.07. The number of hydrogen-bond acceptors (Lipinski definition) is 1. The van der Waals surface area contributed by atoms with Crippen LogP contribution < -0.4 is 0 Å². The number of hydrogen-bond donors (Lipinski definition) is 0. The minimum atomic E-state index is 0.121. The second-order valence-corrected chi connectivity index (χ2v) is 5.36. The molecule has 2 heteroatoms. The van der Waals surface area contributed by atoms with E-state index in [1.165, 1.54) is 5.57 Å². The van der Waals surface area contributed by atoms with Gasteiger partial charge in [-0.15, -0.1) is 0 Å². The lowest BCUT2D eigenvalue weighted by atomic mass is 9.91. The van der Waals surface area contributed by atoms with Gasteiger partial charge in [-0.2, -0.15) is 0 Å². The Morgan fingerprint density at radius 3 is 2.77 bits per heavy atom. The van der Waals surface area contributed by atoms with Crippen molar-refractivity contribution in [1.82, 2.24) is 4.90 Å². The van der Waals surface area contributed by atoms with Crippen LogP contribution in [0.2, 0.25) is 0 Å². The molecule has 74 valence electrons. The van der Waals surface area contributed by atoms with Gasteiger partial charge in [0.15, 0.2) is 0 Å². The molecular formula is C11H18BrN. The molecule has 0 saturated carbocycles. The third-order valence-corrected chi connectivity index (χ3v) is 3.81. The molecule has 1 unspecified atom stereocenters. The van der Waals surface area contributed by atoms with Crippen LogP contribution in [0.15, 0.2) is 23.8 Å². The van der Waals surface area contributed by atoms with Crippen molar-refractivity contribution in [3.05, 3.63) is 23.8 Å². The van der Waals surface area contributed by atoms with Crippen molar-refractivity contribution >= 4 is 15.9 Å². The Kier molecular flexibility index (Phi) is 3.74. The van der Waals surface area contributed by atoms with Crippen LogP contribution in [0, 0.1) is 0 Å². The molecule has 0 N–H and O–H groups in total. The molecule has 0 fully saturated rings. The van der Waals surface area contributed by atoms with Gasteiger partial charge in [0.25, 0.3) is 0 Å². The first-order valence-electron chi connectivity index (χ1n) is 4.73. The van der Waals surface area contributed by atoms with E-state index < -0.39 is 0 Å². The topological polar surface area (TPSA) is 3.24 Å². The molecule has 13 heavy (non-hydrogen) atoms. The third-order valence-electron chi connectivity index (χ3n) is 2.52. The van der Waals surface area contributed by atoms with Crippen LogP contribution in [0.3, 0.4) is 0 Å². The summed E-state index contributed by atoms with van der Waals surface area (Å²) in [5.74, 6) is 0. The van der Waals surface area contributed by atoms with E-state index >= 15 is 0 Å². The van der Waals surface area contributed by atoms with Crippen molar-refractivity contribution in [3.8, 4) is 0 Å². The van der Waals surface area contributed by atoms with Gasteiger partial charge in [0.05, 0.1) is 4.32 Å². The van der Waals surface area contributed by atoms with Gasteiger partial charge in [-0.25, -0.2) is 0 Å². The predicted molar refractivity (Wildman–Crippen MR) is 62.3 cm³/mol. The molecule has 0 saturated heterocycles. The summed E-state index contributed by atoms with van der Waals surface area (Å²) in [6, 6.07) is 0. The van der Waals surface area contributed by atoms with Gasteiger partial charge in [0.1, 0.15) is 0 Å². The first kappa shape index (κ1) is 11.0. The van der Waals surface area contributed by atoms with E-state index in [4.69, 9.17) is 0 Å². The number of rotatable bonds is 3. The van der Waals surface area contributed by atoms with Crippen LogP contribution >= 0.6 is 15.9 Å². The molecule has 0 radical (unpaired) electrons. The number of nitrogens with zero attached hydrogens (tertiary/aromatic N) is 1. The van der Waals surface area contributed by atoms with Crippen molar-refractivity contribution in [2.45, 2.75) is 24.1 Å². The lowest BCUT2D eigenvalue weighted by molar-refractivity contribution is 0.392. The predicted octanol–water partition coefficient (Wildman–Crippen LogP) is 2.98. The van der Waals surface area contributed by atoms with Gasteiger partial charge >= 0.3 is 0 Å². The number of allylic oxidation sites excluding steroid dienone is 4. The zero-order valence-electron chi connectivity index (χ0n) is 8.68. The van der Waals surface area contributed by atoms with E-state index in [-0.39, 0.29) is 4.32 Å². The Bertz CT molecular complexity index is 230. The van der Waals surface area contributed by atoms with Crippen molar-refractivity contribution < 1.29 is 0 Å². The summed E-state index contributed by atoms with van der Waals surface area (Å²) in [5.41, 5.74) is 1.44. The summed E-state index contributed by atoms with van der Waals surface area (Å²) in [6.07, 6.45) is 9.04. The average molecular weight is 244 g/mol. The quantitative estimate of drug-likeness (QED) is 0.545. The maximum atomic E-state index is 3.81. The van der Waals surface area contributed by atoms with Crippen LogP contribution in [0.1, 0.15) is 19.8 Å². The zero-order chi connectivity index (χ0) is 9.90. The summed E-state index contributed by atoms with van der Waals surface area (Å²) in [5, 5.41) is 0. The van der Waals surface area contributed by atoms with E-state index in [2.05, 4.69) is 60.1 Å². The van der Waals surface area contributed by atoms with Crippen LogP contribution in [-0.2, 0) is 0 Å². The van der Waals surface area contributed by atoms with Gasteiger partial charge in [0, 0.05) is 0 Å². The zero-order valence-corrected chi connectivity index (χ0v) is 10.3. The molecule has 0 bridgehead atoms. The second-order valence-electron chi connectivity index (χ2n) is 3.94. The molecule has 1 nitrogen and oxygen atoms in total. The Balaban J connectivity index is 2.58. The first-order valence-corrected chi connectivity index (χ1v) is 5.52. The lowest BCUT2D eigenvalue weighted by Crippen LogP contribution is -2.27. The molecule has 1 rings (SSSR count). The Morgan fingerprint density at radius 1 is 1.54 bits per heavy atom. The fourth-order valence-electron chi connectivity index (χ4n) is 1.47. The maximum Gasteiger partial charge on any atom is 0.0655 e. The van der Waals surface area contributed by atoms with Gasteiger partial charge in [-0.1, -0.05) is 39.7 Å². The van der Waals surface area contributed by atoms with E-state index in [1.807, 2.05) is 0 Å². The molecule has 0 aliphatic heterocycles. The standard InChI is InChI=1S/C11H18BrN/c1-10-6-4-5-7-11(10,12)8-9-13(2)3/h5-7H,4,8-9H2,1-3H3. The summed E-state index contributed by atoms with van der Waals surface area (Å²) >= 11 is 3.81. The van der Waals surface area contributed by atoms with Gasteiger partial charge in [-0.3, -0.25) is 0 Å². The van der Waals surface area contributed by atoms with Crippen molar-refractivity contribution in [1.29, 1.82) is 0 Å².